The highest BCUT2D eigenvalue weighted by Gasteiger charge is 2.05. The van der Waals surface area contributed by atoms with Crippen LogP contribution in [0.15, 0.2) is 17.3 Å². The molecule has 3 nitrogen and oxygen atoms in total. The highest BCUT2D eigenvalue weighted by molar-refractivity contribution is 6.00. The van der Waals surface area contributed by atoms with E-state index in [1.165, 1.54) is 7.11 Å². The van der Waals surface area contributed by atoms with Crippen molar-refractivity contribution in [2.24, 2.45) is 5.16 Å². The van der Waals surface area contributed by atoms with E-state index in [2.05, 4.69) is 11.2 Å². The van der Waals surface area contributed by atoms with Gasteiger partial charge in [0.2, 0.25) is 0 Å². The first-order valence-electron chi connectivity index (χ1n) is 4.51. The third-order valence-corrected chi connectivity index (χ3v) is 2.23. The van der Waals surface area contributed by atoms with Gasteiger partial charge in [0.25, 0.3) is 0 Å². The Kier molecular flexibility index (Phi) is 3.12. The second-order valence-electron chi connectivity index (χ2n) is 3.38. The molecular weight excluding hydrogens is 176 g/mol. The van der Waals surface area contributed by atoms with E-state index in [9.17, 15) is 0 Å². The minimum Gasteiger partial charge on any atom is -0.399 e. The monoisotopic (exact) mass is 192 g/mol. The molecule has 0 aromatic heterocycles. The summed E-state index contributed by atoms with van der Waals surface area (Å²) in [5, 5.41) is 3.89. The van der Waals surface area contributed by atoms with Crippen molar-refractivity contribution in [3.05, 3.63) is 28.8 Å². The molecule has 1 aromatic rings. The third kappa shape index (κ3) is 2.05. The number of hydrogen-bond acceptors (Lipinski definition) is 3. The van der Waals surface area contributed by atoms with E-state index in [1.807, 2.05) is 26.8 Å². The Morgan fingerprint density at radius 3 is 2.50 bits per heavy atom. The average molecular weight is 192 g/mol. The van der Waals surface area contributed by atoms with Gasteiger partial charge in [0.05, 0.1) is 5.71 Å². The molecule has 0 spiro atoms. The van der Waals surface area contributed by atoms with Crippen LogP contribution in [0, 0.1) is 13.8 Å². The molecule has 0 saturated heterocycles. The van der Waals surface area contributed by atoms with Crippen LogP contribution in [-0.4, -0.2) is 12.8 Å². The zero-order valence-electron chi connectivity index (χ0n) is 9.09. The second-order valence-corrected chi connectivity index (χ2v) is 3.38. The first-order chi connectivity index (χ1) is 6.56. The Labute approximate surface area is 84.6 Å². The Morgan fingerprint density at radius 1 is 1.29 bits per heavy atom. The van der Waals surface area contributed by atoms with Gasteiger partial charge in [0.1, 0.15) is 7.11 Å². The van der Waals surface area contributed by atoms with Gasteiger partial charge in [-0.3, -0.25) is 0 Å². The maximum atomic E-state index is 5.83. The predicted molar refractivity (Wildman–Crippen MR) is 59.5 cm³/mol. The van der Waals surface area contributed by atoms with Crippen LogP contribution < -0.4 is 5.73 Å². The predicted octanol–water partition coefficient (Wildman–Crippen LogP) is 2.26. The summed E-state index contributed by atoms with van der Waals surface area (Å²) in [6.45, 7) is 5.94. The molecule has 0 amide bonds. The Hall–Kier alpha value is -1.51. The minimum absolute atomic E-state index is 0.788. The van der Waals surface area contributed by atoms with E-state index in [0.29, 0.717) is 0 Å². The van der Waals surface area contributed by atoms with Crippen LogP contribution in [0.1, 0.15) is 23.6 Å². The summed E-state index contributed by atoms with van der Waals surface area (Å²) in [6.07, 6.45) is 0. The topological polar surface area (TPSA) is 47.6 Å². The molecule has 0 heterocycles. The van der Waals surface area contributed by atoms with E-state index in [-0.39, 0.29) is 0 Å². The standard InChI is InChI=1S/C11H16N2O/c1-7-5-8(2)11(12)6-10(7)9(3)13-14-4/h5-6H,12H2,1-4H3/b13-9-. The highest BCUT2D eigenvalue weighted by Crippen LogP contribution is 2.18. The summed E-state index contributed by atoms with van der Waals surface area (Å²) in [5.41, 5.74) is 10.8. The lowest BCUT2D eigenvalue weighted by Gasteiger charge is -2.08. The molecule has 0 aliphatic carbocycles. The summed E-state index contributed by atoms with van der Waals surface area (Å²) in [6, 6.07) is 3.99. The zero-order chi connectivity index (χ0) is 10.7. The zero-order valence-corrected chi connectivity index (χ0v) is 9.09. The largest absolute Gasteiger partial charge is 0.399 e. The molecular formula is C11H16N2O. The van der Waals surface area contributed by atoms with E-state index < -0.39 is 0 Å². The van der Waals surface area contributed by atoms with Crippen molar-refractivity contribution < 1.29 is 4.84 Å². The van der Waals surface area contributed by atoms with Gasteiger partial charge in [-0.15, -0.1) is 0 Å². The van der Waals surface area contributed by atoms with Gasteiger partial charge in [-0.05, 0) is 38.0 Å². The van der Waals surface area contributed by atoms with Gasteiger partial charge < -0.3 is 10.6 Å². The lowest BCUT2D eigenvalue weighted by Crippen LogP contribution is -2.02. The Bertz CT molecular complexity index is 370. The van der Waals surface area contributed by atoms with Crippen LogP contribution in [-0.2, 0) is 4.84 Å². The summed E-state index contributed by atoms with van der Waals surface area (Å²) in [4.78, 5) is 4.73. The fourth-order valence-corrected chi connectivity index (χ4v) is 1.44. The number of hydrogen-bond donors (Lipinski definition) is 1. The number of aryl methyl sites for hydroxylation is 2. The first-order valence-corrected chi connectivity index (χ1v) is 4.51. The van der Waals surface area contributed by atoms with Gasteiger partial charge in [0, 0.05) is 11.3 Å². The van der Waals surface area contributed by atoms with Crippen LogP contribution in [0.3, 0.4) is 0 Å². The third-order valence-electron chi connectivity index (χ3n) is 2.23. The Balaban J connectivity index is 3.22. The average Bonchev–Trinajstić information content (AvgIpc) is 2.11. The smallest absolute Gasteiger partial charge is 0.106 e. The normalized spacial score (nSPS) is 11.6. The lowest BCUT2D eigenvalue weighted by molar-refractivity contribution is 0.213. The molecule has 76 valence electrons. The van der Waals surface area contributed by atoms with Crippen LogP contribution in [0.5, 0.6) is 0 Å². The molecule has 0 fully saturated rings. The summed E-state index contributed by atoms with van der Waals surface area (Å²) >= 11 is 0. The Morgan fingerprint density at radius 2 is 1.93 bits per heavy atom. The van der Waals surface area contributed by atoms with Crippen molar-refractivity contribution in [3.8, 4) is 0 Å². The maximum Gasteiger partial charge on any atom is 0.106 e. The number of nitrogens with zero attached hydrogens (tertiary/aromatic N) is 1. The van der Waals surface area contributed by atoms with Crippen LogP contribution in [0.4, 0.5) is 5.69 Å². The molecule has 0 unspecified atom stereocenters. The maximum absolute atomic E-state index is 5.83. The fraction of sp³-hybridized carbons (Fsp3) is 0.364. The number of anilines is 1. The van der Waals surface area contributed by atoms with Crippen molar-refractivity contribution in [2.75, 3.05) is 12.8 Å². The first kappa shape index (κ1) is 10.6. The van der Waals surface area contributed by atoms with Crippen molar-refractivity contribution in [1.29, 1.82) is 0 Å². The van der Waals surface area contributed by atoms with Gasteiger partial charge in [-0.2, -0.15) is 0 Å². The molecule has 2 N–H and O–H groups in total. The quantitative estimate of drug-likeness (QED) is 0.444. The van der Waals surface area contributed by atoms with Gasteiger partial charge in [0.15, 0.2) is 0 Å². The molecule has 0 radical (unpaired) electrons. The number of benzene rings is 1. The van der Waals surface area contributed by atoms with E-state index in [4.69, 9.17) is 10.6 Å². The molecule has 1 rings (SSSR count). The van der Waals surface area contributed by atoms with Gasteiger partial charge in [-0.25, -0.2) is 0 Å². The van der Waals surface area contributed by atoms with Crippen molar-refractivity contribution in [1.82, 2.24) is 0 Å². The molecule has 0 aliphatic rings. The molecule has 0 saturated carbocycles. The second kappa shape index (κ2) is 4.13. The molecule has 1 aromatic carbocycles. The van der Waals surface area contributed by atoms with Crippen molar-refractivity contribution >= 4 is 11.4 Å². The van der Waals surface area contributed by atoms with Gasteiger partial charge in [-0.1, -0.05) is 11.2 Å². The molecule has 0 bridgehead atoms. The van der Waals surface area contributed by atoms with Gasteiger partial charge >= 0.3 is 0 Å². The van der Waals surface area contributed by atoms with Crippen LogP contribution >= 0.6 is 0 Å². The summed E-state index contributed by atoms with van der Waals surface area (Å²) in [5.74, 6) is 0. The summed E-state index contributed by atoms with van der Waals surface area (Å²) < 4.78 is 0. The molecule has 14 heavy (non-hydrogen) atoms. The molecule has 0 atom stereocenters. The van der Waals surface area contributed by atoms with Crippen LogP contribution in [0.25, 0.3) is 0 Å². The summed E-state index contributed by atoms with van der Waals surface area (Å²) in [7, 11) is 1.54. The van der Waals surface area contributed by atoms with E-state index in [0.717, 1.165) is 28.1 Å². The van der Waals surface area contributed by atoms with Crippen molar-refractivity contribution in [2.45, 2.75) is 20.8 Å². The molecule has 3 heteroatoms. The molecule has 0 aliphatic heterocycles. The number of nitrogen functional groups attached to an aromatic ring is 1. The number of nitrogens with two attached hydrogens (primary N) is 1. The SMILES string of the molecule is CO/N=C(/C)c1cc(N)c(C)cc1C. The number of oxime groups is 1. The lowest BCUT2D eigenvalue weighted by atomic mass is 10.0. The highest BCUT2D eigenvalue weighted by atomic mass is 16.6. The minimum atomic E-state index is 0.788. The van der Waals surface area contributed by atoms with E-state index in [1.54, 1.807) is 0 Å². The van der Waals surface area contributed by atoms with Crippen molar-refractivity contribution in [3.63, 3.8) is 0 Å². The fourth-order valence-electron chi connectivity index (χ4n) is 1.44. The number of rotatable bonds is 2. The van der Waals surface area contributed by atoms with Crippen LogP contribution in [0.2, 0.25) is 0 Å². The van der Waals surface area contributed by atoms with E-state index >= 15 is 0 Å².